The third-order valence-corrected chi connectivity index (χ3v) is 2.80. The number of hydrogen-bond donors (Lipinski definition) is 1. The highest BCUT2D eigenvalue weighted by Crippen LogP contribution is 2.07. The Bertz CT molecular complexity index is 548. The molecular weight excluding hydrogens is 260 g/mol. The second kappa shape index (κ2) is 6.88. The van der Waals surface area contributed by atoms with Crippen molar-refractivity contribution in [3.63, 3.8) is 0 Å². The third kappa shape index (κ3) is 4.53. The Kier molecular flexibility index (Phi) is 5.49. The van der Waals surface area contributed by atoms with Gasteiger partial charge in [-0.3, -0.25) is 14.4 Å². The van der Waals surface area contributed by atoms with Crippen molar-refractivity contribution in [3.8, 4) is 0 Å². The van der Waals surface area contributed by atoms with Crippen molar-refractivity contribution in [2.45, 2.75) is 20.3 Å². The molecule has 0 saturated carbocycles. The van der Waals surface area contributed by atoms with E-state index in [1.807, 2.05) is 13.8 Å². The molecule has 0 unspecified atom stereocenters. The molecule has 1 amide bonds. The summed E-state index contributed by atoms with van der Waals surface area (Å²) in [6, 6.07) is 2.80. The van der Waals surface area contributed by atoms with Gasteiger partial charge in [-0.15, -0.1) is 0 Å². The third-order valence-electron chi connectivity index (χ3n) is 2.80. The van der Waals surface area contributed by atoms with E-state index in [4.69, 9.17) is 5.11 Å². The van der Waals surface area contributed by atoms with Gasteiger partial charge in [0.25, 0.3) is 5.91 Å². The lowest BCUT2D eigenvalue weighted by Crippen LogP contribution is -2.36. The van der Waals surface area contributed by atoms with Crippen molar-refractivity contribution in [3.05, 3.63) is 34.2 Å². The van der Waals surface area contributed by atoms with Gasteiger partial charge < -0.3 is 14.6 Å². The molecule has 1 rings (SSSR count). The molecule has 1 N–H and O–H groups in total. The summed E-state index contributed by atoms with van der Waals surface area (Å²) in [4.78, 5) is 35.9. The lowest BCUT2D eigenvalue weighted by molar-refractivity contribution is -0.137. The summed E-state index contributed by atoms with van der Waals surface area (Å²) in [5, 5.41) is 8.75. The van der Waals surface area contributed by atoms with Crippen LogP contribution in [0.2, 0.25) is 0 Å². The minimum Gasteiger partial charge on any atom is -0.481 e. The number of rotatable bonds is 6. The number of carbonyl (C=O) groups excluding carboxylic acids is 1. The van der Waals surface area contributed by atoms with Gasteiger partial charge in [-0.2, -0.15) is 0 Å². The van der Waals surface area contributed by atoms with Crippen molar-refractivity contribution in [2.75, 3.05) is 13.1 Å². The Hall–Kier alpha value is -2.11. The molecule has 1 aromatic heterocycles. The number of nitrogens with zero attached hydrogens (tertiary/aromatic N) is 2. The number of hydrogen-bond acceptors (Lipinski definition) is 3. The quantitative estimate of drug-likeness (QED) is 0.841. The summed E-state index contributed by atoms with van der Waals surface area (Å²) < 4.78 is 1.33. The second-order valence-electron chi connectivity index (χ2n) is 5.16. The Labute approximate surface area is 117 Å². The molecule has 0 radical (unpaired) electrons. The maximum absolute atomic E-state index is 12.4. The van der Waals surface area contributed by atoms with E-state index in [2.05, 4.69) is 0 Å². The van der Waals surface area contributed by atoms with Crippen LogP contribution in [-0.2, 0) is 11.8 Å². The van der Waals surface area contributed by atoms with Gasteiger partial charge in [-0.1, -0.05) is 13.8 Å². The van der Waals surface area contributed by atoms with Crippen molar-refractivity contribution >= 4 is 11.9 Å². The molecule has 0 atom stereocenters. The average Bonchev–Trinajstić information content (AvgIpc) is 2.36. The number of aromatic nitrogens is 1. The molecule has 0 saturated heterocycles. The van der Waals surface area contributed by atoms with Crippen LogP contribution in [0.5, 0.6) is 0 Å². The van der Waals surface area contributed by atoms with Crippen LogP contribution in [0, 0.1) is 5.92 Å². The van der Waals surface area contributed by atoms with Gasteiger partial charge >= 0.3 is 5.97 Å². The summed E-state index contributed by atoms with van der Waals surface area (Å²) in [7, 11) is 1.57. The van der Waals surface area contributed by atoms with Crippen LogP contribution in [0.1, 0.15) is 30.6 Å². The van der Waals surface area contributed by atoms with Crippen LogP contribution in [0.15, 0.2) is 23.1 Å². The molecule has 6 nitrogen and oxygen atoms in total. The molecule has 0 aliphatic carbocycles. The van der Waals surface area contributed by atoms with Crippen LogP contribution in [0.4, 0.5) is 0 Å². The van der Waals surface area contributed by atoms with Crippen LogP contribution in [0.3, 0.4) is 0 Å². The van der Waals surface area contributed by atoms with Gasteiger partial charge in [0.15, 0.2) is 0 Å². The zero-order valence-corrected chi connectivity index (χ0v) is 12.0. The largest absolute Gasteiger partial charge is 0.481 e. The summed E-state index contributed by atoms with van der Waals surface area (Å²) >= 11 is 0. The van der Waals surface area contributed by atoms with E-state index in [1.54, 1.807) is 7.05 Å². The summed E-state index contributed by atoms with van der Waals surface area (Å²) in [6.45, 7) is 4.56. The summed E-state index contributed by atoms with van der Waals surface area (Å²) in [6.07, 6.45) is 1.38. The predicted molar refractivity (Wildman–Crippen MR) is 74.7 cm³/mol. The van der Waals surface area contributed by atoms with E-state index < -0.39 is 5.97 Å². The van der Waals surface area contributed by atoms with E-state index in [-0.39, 0.29) is 30.3 Å². The number of carboxylic acids is 1. The van der Waals surface area contributed by atoms with E-state index in [9.17, 15) is 14.4 Å². The highest BCUT2D eigenvalue weighted by Gasteiger charge is 2.18. The van der Waals surface area contributed by atoms with Crippen LogP contribution < -0.4 is 5.56 Å². The molecule has 1 aromatic rings. The standard InChI is InChI=1S/C14H20N2O4/c1-10(2)8-16(7-6-13(18)19)14(20)11-4-5-12(17)15(3)9-11/h4-5,9-10H,6-8H2,1-3H3,(H,18,19). The molecule has 1 heterocycles. The normalized spacial score (nSPS) is 10.6. The van der Waals surface area contributed by atoms with Gasteiger partial charge in [-0.25, -0.2) is 0 Å². The topological polar surface area (TPSA) is 79.6 Å². The Morgan fingerprint density at radius 3 is 2.50 bits per heavy atom. The predicted octanol–water partition coefficient (Wildman–Crippen LogP) is 0.958. The maximum Gasteiger partial charge on any atom is 0.305 e. The zero-order valence-electron chi connectivity index (χ0n) is 12.0. The Balaban J connectivity index is 2.93. The first-order valence-electron chi connectivity index (χ1n) is 6.49. The molecule has 0 spiro atoms. The Morgan fingerprint density at radius 2 is 2.00 bits per heavy atom. The second-order valence-corrected chi connectivity index (χ2v) is 5.16. The SMILES string of the molecule is CC(C)CN(CCC(=O)O)C(=O)c1ccc(=O)n(C)c1. The van der Waals surface area contributed by atoms with Gasteiger partial charge in [0, 0.05) is 32.4 Å². The van der Waals surface area contributed by atoms with E-state index in [0.29, 0.717) is 12.1 Å². The first-order chi connectivity index (χ1) is 9.31. The van der Waals surface area contributed by atoms with Crippen molar-refractivity contribution in [1.29, 1.82) is 0 Å². The molecule has 0 bridgehead atoms. The van der Waals surface area contributed by atoms with Crippen LogP contribution in [-0.4, -0.2) is 39.5 Å². The monoisotopic (exact) mass is 280 g/mol. The minimum atomic E-state index is -0.938. The molecule has 0 aliphatic heterocycles. The fourth-order valence-corrected chi connectivity index (χ4v) is 1.85. The summed E-state index contributed by atoms with van der Waals surface area (Å²) in [5.41, 5.74) is 0.195. The van der Waals surface area contributed by atoms with E-state index >= 15 is 0 Å². The molecule has 20 heavy (non-hydrogen) atoms. The number of aryl methyl sites for hydroxylation is 1. The van der Waals surface area contributed by atoms with E-state index in [0.717, 1.165) is 0 Å². The number of amides is 1. The molecule has 0 fully saturated rings. The van der Waals surface area contributed by atoms with Crippen LogP contribution in [0.25, 0.3) is 0 Å². The first-order valence-corrected chi connectivity index (χ1v) is 6.49. The highest BCUT2D eigenvalue weighted by molar-refractivity contribution is 5.94. The van der Waals surface area contributed by atoms with E-state index in [1.165, 1.54) is 27.8 Å². The van der Waals surface area contributed by atoms with Gasteiger partial charge in [0.2, 0.25) is 5.56 Å². The molecule has 110 valence electrons. The highest BCUT2D eigenvalue weighted by atomic mass is 16.4. The lowest BCUT2D eigenvalue weighted by atomic mass is 10.1. The van der Waals surface area contributed by atoms with Crippen molar-refractivity contribution in [1.82, 2.24) is 9.47 Å². The van der Waals surface area contributed by atoms with Gasteiger partial charge in [0.05, 0.1) is 12.0 Å². The first kappa shape index (κ1) is 15.9. The average molecular weight is 280 g/mol. The maximum atomic E-state index is 12.4. The zero-order chi connectivity index (χ0) is 15.3. The van der Waals surface area contributed by atoms with Crippen molar-refractivity contribution in [2.24, 2.45) is 13.0 Å². The molecule has 0 aromatic carbocycles. The Morgan fingerprint density at radius 1 is 1.35 bits per heavy atom. The van der Waals surface area contributed by atoms with Gasteiger partial charge in [0.1, 0.15) is 0 Å². The summed E-state index contributed by atoms with van der Waals surface area (Å²) in [5.74, 6) is -0.956. The molecule has 6 heteroatoms. The fourth-order valence-electron chi connectivity index (χ4n) is 1.85. The van der Waals surface area contributed by atoms with Crippen LogP contribution >= 0.6 is 0 Å². The fraction of sp³-hybridized carbons (Fsp3) is 0.500. The van der Waals surface area contributed by atoms with Crippen molar-refractivity contribution < 1.29 is 14.7 Å². The molecule has 0 aliphatic rings. The minimum absolute atomic E-state index is 0.0930. The number of carboxylic acid groups (broad SMARTS) is 1. The molecular formula is C14H20N2O4. The van der Waals surface area contributed by atoms with Gasteiger partial charge in [-0.05, 0) is 12.0 Å². The number of pyridine rings is 1. The number of aliphatic carboxylic acids is 1. The lowest BCUT2D eigenvalue weighted by Gasteiger charge is -2.24. The number of carbonyl (C=O) groups is 2. The smallest absolute Gasteiger partial charge is 0.305 e.